The second-order valence-electron chi connectivity index (χ2n) is 8.00. The van der Waals surface area contributed by atoms with Crippen molar-refractivity contribution in [3.05, 3.63) is 29.8 Å². The highest BCUT2D eigenvalue weighted by molar-refractivity contribution is 7.88. The number of rotatable bonds is 8. The number of aliphatic carboxylic acids is 1. The van der Waals surface area contributed by atoms with E-state index in [1.165, 1.54) is 14.0 Å². The Morgan fingerprint density at radius 3 is 2.06 bits per heavy atom. The Labute approximate surface area is 188 Å². The minimum Gasteiger partial charge on any atom is -0.480 e. The predicted octanol–water partition coefficient (Wildman–Crippen LogP) is 2.28. The molecule has 1 aromatic rings. The van der Waals surface area contributed by atoms with Gasteiger partial charge in [0.15, 0.2) is 0 Å². The molecule has 33 heavy (non-hydrogen) atoms. The minimum absolute atomic E-state index is 0.257. The van der Waals surface area contributed by atoms with Crippen LogP contribution in [0, 0.1) is 0 Å². The molecule has 0 bridgehead atoms. The number of carboxylic acid groups (broad SMARTS) is 1. The molecule has 1 aromatic carbocycles. The minimum atomic E-state index is -5.85. The zero-order valence-corrected chi connectivity index (χ0v) is 19.3. The largest absolute Gasteiger partial charge is 0.534 e. The third-order valence-electron chi connectivity index (χ3n) is 4.11. The maximum atomic E-state index is 12.4. The van der Waals surface area contributed by atoms with Crippen molar-refractivity contribution in [1.82, 2.24) is 10.2 Å². The summed E-state index contributed by atoms with van der Waals surface area (Å²) in [5.41, 5.74) is -6.15. The van der Waals surface area contributed by atoms with E-state index >= 15 is 0 Å². The molecule has 0 radical (unpaired) electrons. The van der Waals surface area contributed by atoms with Crippen molar-refractivity contribution < 1.29 is 50.0 Å². The quantitative estimate of drug-likeness (QED) is 0.411. The number of carboxylic acids is 1. The molecule has 186 valence electrons. The van der Waals surface area contributed by atoms with Crippen LogP contribution in [0.5, 0.6) is 5.75 Å². The summed E-state index contributed by atoms with van der Waals surface area (Å²) in [6, 6.07) is 1.61. The lowest BCUT2D eigenvalue weighted by Crippen LogP contribution is -2.52. The van der Waals surface area contributed by atoms with Crippen molar-refractivity contribution in [2.75, 3.05) is 7.05 Å². The summed E-state index contributed by atoms with van der Waals surface area (Å²) >= 11 is 0. The summed E-state index contributed by atoms with van der Waals surface area (Å²) in [5, 5.41) is 11.7. The lowest BCUT2D eigenvalue weighted by molar-refractivity contribution is -0.142. The van der Waals surface area contributed by atoms with Crippen molar-refractivity contribution in [2.45, 2.75) is 57.3 Å². The monoisotopic (exact) mass is 498 g/mol. The SMILES string of the molecule is C[C@@H](C(=O)NC(Cc1ccc(OS(=O)(=O)C(F)(F)F)cc1)C(=O)O)N(C)C(=O)OC(C)(C)C. The summed E-state index contributed by atoms with van der Waals surface area (Å²) in [7, 11) is -4.54. The lowest BCUT2D eigenvalue weighted by atomic mass is 10.1. The summed E-state index contributed by atoms with van der Waals surface area (Å²) in [6.45, 7) is 6.28. The van der Waals surface area contributed by atoms with Crippen LogP contribution >= 0.6 is 0 Å². The van der Waals surface area contributed by atoms with Crippen LogP contribution in [-0.4, -0.2) is 66.6 Å². The molecule has 0 aliphatic carbocycles. The van der Waals surface area contributed by atoms with Gasteiger partial charge in [-0.05, 0) is 45.4 Å². The predicted molar refractivity (Wildman–Crippen MR) is 109 cm³/mol. The topological polar surface area (TPSA) is 139 Å². The molecule has 2 N–H and O–H groups in total. The van der Waals surface area contributed by atoms with Gasteiger partial charge in [0.1, 0.15) is 23.4 Å². The molecule has 0 fully saturated rings. The van der Waals surface area contributed by atoms with E-state index in [1.54, 1.807) is 20.8 Å². The Morgan fingerprint density at radius 1 is 1.12 bits per heavy atom. The van der Waals surface area contributed by atoms with Gasteiger partial charge >= 0.3 is 27.7 Å². The second kappa shape index (κ2) is 10.3. The normalized spacial score (nSPS) is 14.1. The van der Waals surface area contributed by atoms with Crippen LogP contribution in [-0.2, 0) is 30.9 Å². The van der Waals surface area contributed by atoms with E-state index in [0.717, 1.165) is 29.2 Å². The number of amides is 2. The van der Waals surface area contributed by atoms with Gasteiger partial charge < -0.3 is 19.3 Å². The van der Waals surface area contributed by atoms with Crippen molar-refractivity contribution >= 4 is 28.1 Å². The van der Waals surface area contributed by atoms with E-state index in [2.05, 4.69) is 9.50 Å². The molecule has 14 heteroatoms. The number of nitrogens with one attached hydrogen (secondary N) is 1. The number of nitrogens with zero attached hydrogens (tertiary/aromatic N) is 1. The van der Waals surface area contributed by atoms with E-state index in [0.29, 0.717) is 0 Å². The number of hydrogen-bond donors (Lipinski definition) is 2. The van der Waals surface area contributed by atoms with Gasteiger partial charge in [0, 0.05) is 13.5 Å². The molecule has 0 saturated heterocycles. The van der Waals surface area contributed by atoms with Crippen LogP contribution in [0.25, 0.3) is 0 Å². The molecule has 0 aliphatic heterocycles. The molecular formula is C19H25F3N2O8S. The number of likely N-dealkylation sites (N-methyl/N-ethyl adjacent to an activating group) is 1. The molecule has 2 amide bonds. The number of ether oxygens (including phenoxy) is 1. The standard InChI is InChI=1S/C19H25F3N2O8S/c1-11(24(5)17(28)31-18(2,3)4)15(25)23-14(16(26)27)10-12-6-8-13(9-7-12)32-33(29,30)19(20,21)22/h6-9,11,14H,10H2,1-5H3,(H,23,25)(H,26,27)/t11-,14?/m0/s1. The van der Waals surface area contributed by atoms with Gasteiger partial charge in [0.2, 0.25) is 5.91 Å². The van der Waals surface area contributed by atoms with Gasteiger partial charge in [-0.2, -0.15) is 21.6 Å². The van der Waals surface area contributed by atoms with Gasteiger partial charge in [-0.1, -0.05) is 12.1 Å². The van der Waals surface area contributed by atoms with Crippen LogP contribution in [0.2, 0.25) is 0 Å². The van der Waals surface area contributed by atoms with Gasteiger partial charge in [-0.25, -0.2) is 9.59 Å². The first-order chi connectivity index (χ1) is 14.8. The lowest BCUT2D eigenvalue weighted by Gasteiger charge is -2.28. The number of benzene rings is 1. The average Bonchev–Trinajstić information content (AvgIpc) is 2.65. The summed E-state index contributed by atoms with van der Waals surface area (Å²) in [4.78, 5) is 37.1. The second-order valence-corrected chi connectivity index (χ2v) is 9.54. The van der Waals surface area contributed by atoms with E-state index in [-0.39, 0.29) is 12.0 Å². The molecular weight excluding hydrogens is 473 g/mol. The van der Waals surface area contributed by atoms with Gasteiger partial charge in [-0.3, -0.25) is 9.69 Å². The molecule has 1 rings (SSSR count). The third-order valence-corrected chi connectivity index (χ3v) is 5.09. The number of carbonyl (C=O) groups excluding carboxylic acids is 2. The van der Waals surface area contributed by atoms with Crippen molar-refractivity contribution in [2.24, 2.45) is 0 Å². The van der Waals surface area contributed by atoms with Crippen LogP contribution < -0.4 is 9.50 Å². The van der Waals surface area contributed by atoms with E-state index in [1.807, 2.05) is 0 Å². The first-order valence-electron chi connectivity index (χ1n) is 9.42. The van der Waals surface area contributed by atoms with Gasteiger partial charge in [0.05, 0.1) is 0 Å². The summed E-state index contributed by atoms with van der Waals surface area (Å²) in [5.74, 6) is -2.82. The van der Waals surface area contributed by atoms with Crippen molar-refractivity contribution in [3.8, 4) is 5.75 Å². The Morgan fingerprint density at radius 2 is 1.64 bits per heavy atom. The maximum Gasteiger partial charge on any atom is 0.534 e. The van der Waals surface area contributed by atoms with Crippen LogP contribution in [0.4, 0.5) is 18.0 Å². The Bertz CT molecular complexity index is 972. The number of carbonyl (C=O) groups is 3. The first kappa shape index (κ1) is 28.0. The average molecular weight is 498 g/mol. The first-order valence-corrected chi connectivity index (χ1v) is 10.8. The maximum absolute atomic E-state index is 12.4. The molecule has 0 saturated carbocycles. The highest BCUT2D eigenvalue weighted by atomic mass is 32.2. The Balaban J connectivity index is 2.85. The van der Waals surface area contributed by atoms with Gasteiger partial charge in [0.25, 0.3) is 0 Å². The molecule has 0 aromatic heterocycles. The third kappa shape index (κ3) is 8.44. The summed E-state index contributed by atoms with van der Waals surface area (Å²) < 4.78 is 68.3. The Kier molecular flexibility index (Phi) is 8.72. The Hall–Kier alpha value is -3.03. The van der Waals surface area contributed by atoms with Crippen molar-refractivity contribution in [3.63, 3.8) is 0 Å². The number of halogens is 3. The molecule has 1 unspecified atom stereocenters. The van der Waals surface area contributed by atoms with Crippen molar-refractivity contribution in [1.29, 1.82) is 0 Å². The van der Waals surface area contributed by atoms with Gasteiger partial charge in [-0.15, -0.1) is 0 Å². The zero-order chi connectivity index (χ0) is 25.8. The molecule has 0 spiro atoms. The highest BCUT2D eigenvalue weighted by Crippen LogP contribution is 2.27. The van der Waals surface area contributed by atoms with E-state index in [4.69, 9.17) is 4.74 Å². The molecule has 10 nitrogen and oxygen atoms in total. The molecule has 2 atom stereocenters. The fourth-order valence-corrected chi connectivity index (χ4v) is 2.71. The van der Waals surface area contributed by atoms with Crippen LogP contribution in [0.3, 0.4) is 0 Å². The highest BCUT2D eigenvalue weighted by Gasteiger charge is 2.48. The fraction of sp³-hybridized carbons (Fsp3) is 0.526. The zero-order valence-electron chi connectivity index (χ0n) is 18.5. The fourth-order valence-electron chi connectivity index (χ4n) is 2.25. The molecule has 0 heterocycles. The van der Waals surface area contributed by atoms with Crippen LogP contribution in [0.1, 0.15) is 33.3 Å². The van der Waals surface area contributed by atoms with E-state index < -0.39 is 57.0 Å². The smallest absolute Gasteiger partial charge is 0.480 e. The molecule has 0 aliphatic rings. The summed E-state index contributed by atoms with van der Waals surface area (Å²) in [6.07, 6.45) is -1.07. The van der Waals surface area contributed by atoms with E-state index in [9.17, 15) is 41.1 Å². The number of hydrogen-bond acceptors (Lipinski definition) is 7. The number of alkyl halides is 3. The van der Waals surface area contributed by atoms with Crippen LogP contribution in [0.15, 0.2) is 24.3 Å².